The highest BCUT2D eigenvalue weighted by Gasteiger charge is 2.23. The van der Waals surface area contributed by atoms with E-state index in [0.29, 0.717) is 0 Å². The Morgan fingerprint density at radius 3 is 2.64 bits per heavy atom. The van der Waals surface area contributed by atoms with E-state index in [1.807, 2.05) is 0 Å². The minimum absolute atomic E-state index is 0.108. The minimum atomic E-state index is 0.108. The summed E-state index contributed by atoms with van der Waals surface area (Å²) in [6.45, 7) is 6.56. The van der Waals surface area contributed by atoms with Crippen molar-refractivity contribution in [3.05, 3.63) is 17.0 Å². The van der Waals surface area contributed by atoms with Crippen LogP contribution in [0, 0.1) is 0 Å². The van der Waals surface area contributed by atoms with Gasteiger partial charge in [-0.15, -0.1) is 0 Å². The number of halogens is 1. The highest BCUT2D eigenvalue weighted by atomic mass is 79.9. The van der Waals surface area contributed by atoms with E-state index in [9.17, 15) is 0 Å². The fraction of sp³-hybridized carbons (Fsp3) is 0.600. The number of rotatable bonds is 3. The highest BCUT2D eigenvalue weighted by molar-refractivity contribution is 9.10. The second-order valence-corrected chi connectivity index (χ2v) is 4.77. The molecule has 1 aromatic rings. The van der Waals surface area contributed by atoms with Gasteiger partial charge in [0.15, 0.2) is 0 Å². The van der Waals surface area contributed by atoms with Crippen LogP contribution in [0.3, 0.4) is 0 Å². The molecule has 0 atom stereocenters. The third kappa shape index (κ3) is 2.23. The Morgan fingerprint density at radius 1 is 1.50 bits per heavy atom. The summed E-state index contributed by atoms with van der Waals surface area (Å²) in [5, 5.41) is 0. The van der Waals surface area contributed by atoms with E-state index < -0.39 is 0 Å². The Balaban J connectivity index is 3.00. The van der Waals surface area contributed by atoms with Gasteiger partial charge in [0.05, 0.1) is 4.47 Å². The summed E-state index contributed by atoms with van der Waals surface area (Å²) in [7, 11) is 2.05. The third-order valence-corrected chi connectivity index (χ3v) is 3.30. The molecule has 4 heteroatoms. The maximum absolute atomic E-state index is 4.26. The number of hydrogen-bond acceptors (Lipinski definition) is 3. The summed E-state index contributed by atoms with van der Waals surface area (Å²) in [5.41, 5.74) is 0.108. The maximum atomic E-state index is 4.26. The van der Waals surface area contributed by atoms with Gasteiger partial charge in [0, 0.05) is 18.8 Å². The first-order valence-corrected chi connectivity index (χ1v) is 5.47. The highest BCUT2D eigenvalue weighted by Crippen LogP contribution is 2.28. The van der Waals surface area contributed by atoms with Crippen molar-refractivity contribution in [1.82, 2.24) is 9.97 Å². The van der Waals surface area contributed by atoms with Gasteiger partial charge in [-0.25, -0.2) is 9.97 Å². The summed E-state index contributed by atoms with van der Waals surface area (Å²) in [5.74, 6) is 0.937. The molecule has 0 saturated heterocycles. The first kappa shape index (κ1) is 11.4. The molecular formula is C10H16BrN3. The molecule has 0 bridgehead atoms. The average Bonchev–Trinajstić information content (AvgIpc) is 2.17. The van der Waals surface area contributed by atoms with Gasteiger partial charge >= 0.3 is 0 Å². The Kier molecular flexibility index (Phi) is 3.48. The second-order valence-electron chi connectivity index (χ2n) is 3.92. The van der Waals surface area contributed by atoms with Crippen molar-refractivity contribution in [2.24, 2.45) is 0 Å². The van der Waals surface area contributed by atoms with Crippen LogP contribution in [0.4, 0.5) is 5.82 Å². The molecule has 0 saturated carbocycles. The lowest BCUT2D eigenvalue weighted by Gasteiger charge is -2.36. The Bertz CT molecular complexity index is 312. The predicted molar refractivity (Wildman–Crippen MR) is 62.5 cm³/mol. The molecule has 0 aliphatic heterocycles. The summed E-state index contributed by atoms with van der Waals surface area (Å²) < 4.78 is 0.934. The van der Waals surface area contributed by atoms with Gasteiger partial charge in [-0.05, 0) is 36.2 Å². The van der Waals surface area contributed by atoms with Gasteiger partial charge in [0.2, 0.25) is 0 Å². The van der Waals surface area contributed by atoms with E-state index in [2.05, 4.69) is 58.6 Å². The van der Waals surface area contributed by atoms with Crippen LogP contribution in [0.5, 0.6) is 0 Å². The van der Waals surface area contributed by atoms with Gasteiger partial charge < -0.3 is 4.90 Å². The van der Waals surface area contributed by atoms with Crippen LogP contribution in [0.2, 0.25) is 0 Å². The molecular weight excluding hydrogens is 242 g/mol. The fourth-order valence-electron chi connectivity index (χ4n) is 1.08. The molecule has 0 unspecified atom stereocenters. The lowest BCUT2D eigenvalue weighted by molar-refractivity contribution is 0.466. The van der Waals surface area contributed by atoms with Crippen molar-refractivity contribution in [1.29, 1.82) is 0 Å². The first-order chi connectivity index (χ1) is 6.49. The summed E-state index contributed by atoms with van der Waals surface area (Å²) in [6.07, 6.45) is 4.41. The molecule has 0 spiro atoms. The normalized spacial score (nSPS) is 11.5. The molecule has 0 fully saturated rings. The molecule has 0 aromatic carbocycles. The lowest BCUT2D eigenvalue weighted by Crippen LogP contribution is -2.41. The Labute approximate surface area is 93.7 Å². The second kappa shape index (κ2) is 4.26. The van der Waals surface area contributed by atoms with E-state index in [-0.39, 0.29) is 5.54 Å². The van der Waals surface area contributed by atoms with Crippen LogP contribution >= 0.6 is 15.9 Å². The summed E-state index contributed by atoms with van der Waals surface area (Å²) in [4.78, 5) is 10.4. The van der Waals surface area contributed by atoms with Crippen molar-refractivity contribution in [3.8, 4) is 0 Å². The number of anilines is 1. The van der Waals surface area contributed by atoms with E-state index in [1.54, 1.807) is 12.5 Å². The van der Waals surface area contributed by atoms with E-state index in [0.717, 1.165) is 16.7 Å². The van der Waals surface area contributed by atoms with Gasteiger partial charge in [0.25, 0.3) is 0 Å². The molecule has 0 aliphatic rings. The molecule has 0 N–H and O–H groups in total. The Morgan fingerprint density at radius 2 is 2.14 bits per heavy atom. The summed E-state index contributed by atoms with van der Waals surface area (Å²) >= 11 is 3.45. The minimum Gasteiger partial charge on any atom is -0.354 e. The smallest absolute Gasteiger partial charge is 0.146 e. The summed E-state index contributed by atoms with van der Waals surface area (Å²) in [6, 6.07) is 0. The molecule has 0 radical (unpaired) electrons. The molecule has 0 amide bonds. The van der Waals surface area contributed by atoms with Crippen LogP contribution < -0.4 is 4.90 Å². The van der Waals surface area contributed by atoms with E-state index in [4.69, 9.17) is 0 Å². The average molecular weight is 258 g/mol. The zero-order valence-corrected chi connectivity index (χ0v) is 10.7. The van der Waals surface area contributed by atoms with Gasteiger partial charge in [-0.2, -0.15) is 0 Å². The zero-order chi connectivity index (χ0) is 10.8. The molecule has 1 rings (SSSR count). The Hall–Kier alpha value is -0.640. The first-order valence-electron chi connectivity index (χ1n) is 4.68. The molecule has 0 aliphatic carbocycles. The fourth-order valence-corrected chi connectivity index (χ4v) is 1.56. The topological polar surface area (TPSA) is 29.0 Å². The SMILES string of the molecule is CCC(C)(C)N(C)c1ncncc1Br. The molecule has 1 aromatic heterocycles. The van der Waals surface area contributed by atoms with Gasteiger partial charge in [-0.1, -0.05) is 6.92 Å². The van der Waals surface area contributed by atoms with E-state index >= 15 is 0 Å². The zero-order valence-electron chi connectivity index (χ0n) is 9.08. The van der Waals surface area contributed by atoms with Crippen molar-refractivity contribution in [3.63, 3.8) is 0 Å². The largest absolute Gasteiger partial charge is 0.354 e. The quantitative estimate of drug-likeness (QED) is 0.834. The lowest BCUT2D eigenvalue weighted by atomic mass is 10.0. The van der Waals surface area contributed by atoms with Crippen LogP contribution in [0.15, 0.2) is 17.0 Å². The van der Waals surface area contributed by atoms with Crippen LogP contribution in [-0.4, -0.2) is 22.6 Å². The van der Waals surface area contributed by atoms with Crippen LogP contribution in [0.1, 0.15) is 27.2 Å². The molecule has 14 heavy (non-hydrogen) atoms. The number of nitrogens with zero attached hydrogens (tertiary/aromatic N) is 3. The number of hydrogen-bond donors (Lipinski definition) is 0. The monoisotopic (exact) mass is 257 g/mol. The van der Waals surface area contributed by atoms with Gasteiger partial charge in [-0.3, -0.25) is 0 Å². The molecule has 1 heterocycles. The predicted octanol–water partition coefficient (Wildman–Crippen LogP) is 2.86. The van der Waals surface area contributed by atoms with Crippen LogP contribution in [-0.2, 0) is 0 Å². The van der Waals surface area contributed by atoms with Crippen LogP contribution in [0.25, 0.3) is 0 Å². The number of aromatic nitrogens is 2. The van der Waals surface area contributed by atoms with E-state index in [1.165, 1.54) is 0 Å². The van der Waals surface area contributed by atoms with Crippen molar-refractivity contribution in [2.45, 2.75) is 32.7 Å². The van der Waals surface area contributed by atoms with Gasteiger partial charge in [0.1, 0.15) is 12.1 Å². The third-order valence-electron chi connectivity index (χ3n) is 2.74. The van der Waals surface area contributed by atoms with Crippen molar-refractivity contribution in [2.75, 3.05) is 11.9 Å². The van der Waals surface area contributed by atoms with Crippen molar-refractivity contribution >= 4 is 21.7 Å². The standard InChI is InChI=1S/C10H16BrN3/c1-5-10(2,3)14(4)9-8(11)6-12-7-13-9/h6-7H,5H2,1-4H3. The maximum Gasteiger partial charge on any atom is 0.146 e. The molecule has 78 valence electrons. The van der Waals surface area contributed by atoms with Crippen molar-refractivity contribution < 1.29 is 0 Å². The molecule has 3 nitrogen and oxygen atoms in total.